The molecular formula is C16H24N4O2. The van der Waals surface area contributed by atoms with E-state index in [1.807, 2.05) is 32.9 Å². The van der Waals surface area contributed by atoms with Crippen LogP contribution in [0.15, 0.2) is 18.2 Å². The summed E-state index contributed by atoms with van der Waals surface area (Å²) >= 11 is 0. The van der Waals surface area contributed by atoms with Crippen molar-refractivity contribution in [2.75, 3.05) is 24.1 Å². The molecule has 6 nitrogen and oxygen atoms in total. The van der Waals surface area contributed by atoms with Gasteiger partial charge in [0.2, 0.25) is 0 Å². The van der Waals surface area contributed by atoms with E-state index >= 15 is 0 Å². The molecule has 0 saturated heterocycles. The van der Waals surface area contributed by atoms with Gasteiger partial charge in [-0.3, -0.25) is 0 Å². The van der Waals surface area contributed by atoms with Crippen LogP contribution in [-0.4, -0.2) is 24.8 Å². The lowest BCUT2D eigenvalue weighted by atomic mass is 10.1. The van der Waals surface area contributed by atoms with E-state index < -0.39 is 11.7 Å². The van der Waals surface area contributed by atoms with Crippen LogP contribution in [0.3, 0.4) is 0 Å². The number of rotatable bonds is 6. The number of hydrogen-bond acceptors (Lipinski definition) is 5. The van der Waals surface area contributed by atoms with Crippen LogP contribution in [-0.2, 0) is 11.2 Å². The molecule has 0 bridgehead atoms. The molecule has 0 fully saturated rings. The van der Waals surface area contributed by atoms with Gasteiger partial charge >= 0.3 is 6.09 Å². The first-order valence-corrected chi connectivity index (χ1v) is 7.28. The van der Waals surface area contributed by atoms with Crippen LogP contribution < -0.4 is 16.4 Å². The van der Waals surface area contributed by atoms with Crippen LogP contribution >= 0.6 is 0 Å². The van der Waals surface area contributed by atoms with Crippen LogP contribution in [0.1, 0.15) is 32.8 Å². The Labute approximate surface area is 131 Å². The van der Waals surface area contributed by atoms with Gasteiger partial charge in [-0.25, -0.2) is 4.79 Å². The minimum Gasteiger partial charge on any atom is -0.444 e. The number of benzene rings is 1. The van der Waals surface area contributed by atoms with Gasteiger partial charge in [0.1, 0.15) is 5.60 Å². The highest BCUT2D eigenvalue weighted by molar-refractivity contribution is 5.67. The van der Waals surface area contributed by atoms with E-state index in [1.54, 1.807) is 6.07 Å². The highest BCUT2D eigenvalue weighted by atomic mass is 16.6. The first-order chi connectivity index (χ1) is 10.3. The molecule has 0 aromatic heterocycles. The van der Waals surface area contributed by atoms with Crippen LogP contribution in [0.5, 0.6) is 0 Å². The number of nitrogens with one attached hydrogen (secondary N) is 2. The smallest absolute Gasteiger partial charge is 0.407 e. The van der Waals surface area contributed by atoms with Gasteiger partial charge in [0.05, 0.1) is 12.5 Å². The number of ether oxygens (including phenoxy) is 1. The summed E-state index contributed by atoms with van der Waals surface area (Å²) in [5.74, 6) is 0. The molecule has 120 valence electrons. The molecular weight excluding hydrogens is 280 g/mol. The van der Waals surface area contributed by atoms with Crippen molar-refractivity contribution in [3.8, 4) is 6.07 Å². The molecule has 0 radical (unpaired) electrons. The number of carbonyl (C=O) groups excluding carboxylic acids is 1. The molecule has 0 aliphatic carbocycles. The van der Waals surface area contributed by atoms with Crippen LogP contribution in [0.2, 0.25) is 0 Å². The van der Waals surface area contributed by atoms with Gasteiger partial charge < -0.3 is 21.1 Å². The van der Waals surface area contributed by atoms with Crippen LogP contribution in [0.4, 0.5) is 16.2 Å². The summed E-state index contributed by atoms with van der Waals surface area (Å²) in [5, 5.41) is 14.7. The normalized spacial score (nSPS) is 10.6. The average molecular weight is 304 g/mol. The second-order valence-corrected chi connectivity index (χ2v) is 5.96. The lowest BCUT2D eigenvalue weighted by Crippen LogP contribution is -2.33. The number of hydrogen-bond donors (Lipinski definition) is 3. The summed E-state index contributed by atoms with van der Waals surface area (Å²) in [6.07, 6.45) is 0.648. The molecule has 0 heterocycles. The van der Waals surface area contributed by atoms with E-state index in [-0.39, 0.29) is 0 Å². The maximum absolute atomic E-state index is 11.4. The van der Waals surface area contributed by atoms with Crippen LogP contribution in [0.25, 0.3) is 0 Å². The maximum atomic E-state index is 11.4. The van der Waals surface area contributed by atoms with Gasteiger partial charge in [-0.05, 0) is 51.0 Å². The first-order valence-electron chi connectivity index (χ1n) is 7.28. The number of anilines is 2. The summed E-state index contributed by atoms with van der Waals surface area (Å²) < 4.78 is 5.14. The Hall–Kier alpha value is -2.42. The zero-order chi connectivity index (χ0) is 16.6. The van der Waals surface area contributed by atoms with Gasteiger partial charge in [-0.2, -0.15) is 5.26 Å². The molecule has 0 spiro atoms. The molecule has 0 aliphatic rings. The van der Waals surface area contributed by atoms with Crippen molar-refractivity contribution in [2.24, 2.45) is 0 Å². The van der Waals surface area contributed by atoms with Crippen molar-refractivity contribution in [3.05, 3.63) is 23.8 Å². The second kappa shape index (κ2) is 8.13. The summed E-state index contributed by atoms with van der Waals surface area (Å²) in [4.78, 5) is 11.4. The zero-order valence-electron chi connectivity index (χ0n) is 13.4. The fourth-order valence-electron chi connectivity index (χ4n) is 1.78. The minimum absolute atomic E-state index is 0.293. The average Bonchev–Trinajstić information content (AvgIpc) is 2.40. The number of carbonyl (C=O) groups is 1. The third-order valence-electron chi connectivity index (χ3n) is 2.76. The van der Waals surface area contributed by atoms with Crippen LogP contribution in [0, 0.1) is 11.3 Å². The number of alkyl carbamates (subject to hydrolysis) is 1. The highest BCUT2D eigenvalue weighted by Crippen LogP contribution is 2.18. The molecule has 6 heteroatoms. The Kier molecular flexibility index (Phi) is 6.51. The molecule has 0 saturated carbocycles. The fourth-order valence-corrected chi connectivity index (χ4v) is 1.78. The van der Waals surface area contributed by atoms with Gasteiger partial charge in [-0.1, -0.05) is 0 Å². The Balaban J connectivity index is 2.29. The Morgan fingerprint density at radius 3 is 2.73 bits per heavy atom. The molecule has 0 aliphatic heterocycles. The van der Waals surface area contributed by atoms with Gasteiger partial charge in [0, 0.05) is 24.5 Å². The summed E-state index contributed by atoms with van der Waals surface area (Å²) in [6, 6.07) is 7.62. The molecule has 22 heavy (non-hydrogen) atoms. The number of nitrogens with zero attached hydrogens (tertiary/aromatic N) is 1. The predicted octanol–water partition coefficient (Wildman–Crippen LogP) is 2.66. The quantitative estimate of drug-likeness (QED) is 0.554. The largest absolute Gasteiger partial charge is 0.444 e. The highest BCUT2D eigenvalue weighted by Gasteiger charge is 2.15. The predicted molar refractivity (Wildman–Crippen MR) is 87.5 cm³/mol. The molecule has 1 rings (SSSR count). The third kappa shape index (κ3) is 6.84. The molecule has 1 aromatic rings. The van der Waals surface area contributed by atoms with Crippen molar-refractivity contribution in [2.45, 2.75) is 39.2 Å². The number of nitrogen functional groups attached to an aromatic ring is 1. The van der Waals surface area contributed by atoms with Crippen molar-refractivity contribution >= 4 is 17.5 Å². The van der Waals surface area contributed by atoms with Gasteiger partial charge in [-0.15, -0.1) is 0 Å². The summed E-state index contributed by atoms with van der Waals surface area (Å²) in [7, 11) is 0. The number of nitrogens with two attached hydrogens (primary N) is 1. The van der Waals surface area contributed by atoms with E-state index in [2.05, 4.69) is 16.7 Å². The lowest BCUT2D eigenvalue weighted by molar-refractivity contribution is 0.0528. The van der Waals surface area contributed by atoms with Gasteiger partial charge in [0.25, 0.3) is 0 Å². The van der Waals surface area contributed by atoms with Crippen molar-refractivity contribution < 1.29 is 9.53 Å². The first kappa shape index (κ1) is 17.6. The molecule has 0 atom stereocenters. The van der Waals surface area contributed by atoms with E-state index in [9.17, 15) is 4.79 Å². The second-order valence-electron chi connectivity index (χ2n) is 5.96. The Morgan fingerprint density at radius 2 is 2.09 bits per heavy atom. The maximum Gasteiger partial charge on any atom is 0.407 e. The minimum atomic E-state index is -0.483. The number of nitriles is 1. The summed E-state index contributed by atoms with van der Waals surface area (Å²) in [6.45, 7) is 6.71. The van der Waals surface area contributed by atoms with E-state index in [0.717, 1.165) is 17.7 Å². The fraction of sp³-hybridized carbons (Fsp3) is 0.500. The van der Waals surface area contributed by atoms with Crippen molar-refractivity contribution in [3.63, 3.8) is 0 Å². The number of amides is 1. The third-order valence-corrected chi connectivity index (χ3v) is 2.76. The molecule has 0 unspecified atom stereocenters. The standard InChI is InChI=1S/C16H24N4O2/c1-16(2,3)22-15(21)20-10-4-9-19-13-5-6-14(18)12(11-13)7-8-17/h5-6,11,19H,4,7,9-10,18H2,1-3H3,(H,20,21). The topological polar surface area (TPSA) is 100 Å². The molecule has 1 amide bonds. The Morgan fingerprint density at radius 1 is 1.36 bits per heavy atom. The van der Waals surface area contributed by atoms with E-state index in [1.165, 1.54) is 0 Å². The van der Waals surface area contributed by atoms with Crippen molar-refractivity contribution in [1.29, 1.82) is 5.26 Å². The monoisotopic (exact) mass is 304 g/mol. The van der Waals surface area contributed by atoms with E-state index in [4.69, 9.17) is 15.7 Å². The van der Waals surface area contributed by atoms with E-state index in [0.29, 0.717) is 25.2 Å². The van der Waals surface area contributed by atoms with Crippen molar-refractivity contribution in [1.82, 2.24) is 5.32 Å². The zero-order valence-corrected chi connectivity index (χ0v) is 13.4. The molecule has 4 N–H and O–H groups in total. The van der Waals surface area contributed by atoms with Gasteiger partial charge in [0.15, 0.2) is 0 Å². The summed E-state index contributed by atoms with van der Waals surface area (Å²) in [5.41, 5.74) is 7.67. The molecule has 1 aromatic carbocycles. The Bertz CT molecular complexity index is 544. The lowest BCUT2D eigenvalue weighted by Gasteiger charge is -2.19. The SMILES string of the molecule is CC(C)(C)OC(=O)NCCCNc1ccc(N)c(CC#N)c1.